The van der Waals surface area contributed by atoms with E-state index in [2.05, 4.69) is 0 Å². The van der Waals surface area contributed by atoms with Crippen molar-refractivity contribution in [3.63, 3.8) is 0 Å². The molecule has 2 amide bonds. The second-order valence-electron chi connectivity index (χ2n) is 0.532. The number of imide groups is 1. The lowest BCUT2D eigenvalue weighted by atomic mass is 11.1. The zero-order valence-electron chi connectivity index (χ0n) is 2.76. The minimum absolute atomic E-state index is 0.968. The summed E-state index contributed by atoms with van der Waals surface area (Å²) >= 11 is 0. The van der Waals surface area contributed by atoms with Gasteiger partial charge < -0.3 is 5.11 Å². The molecule has 0 fully saturated rings. The SMILES string of the molecule is O=[C]NC(=O)O. The Bertz CT molecular complexity index is 69.2. The van der Waals surface area contributed by atoms with Crippen molar-refractivity contribution in [2.24, 2.45) is 0 Å². The highest BCUT2D eigenvalue weighted by atomic mass is 16.4. The van der Waals surface area contributed by atoms with E-state index >= 15 is 0 Å². The molecule has 0 aliphatic carbocycles. The maximum absolute atomic E-state index is 9.23. The Balaban J connectivity index is 3.05. The molecule has 0 aromatic heterocycles. The quantitative estimate of drug-likeness (QED) is 0.417. The maximum atomic E-state index is 9.23. The Morgan fingerprint density at radius 1 is 1.83 bits per heavy atom. The van der Waals surface area contributed by atoms with E-state index in [1.807, 2.05) is 0 Å². The Labute approximate surface area is 33.8 Å². The third kappa shape index (κ3) is 2.94. The average Bonchev–Trinajstić information content (AvgIpc) is 1.35. The highest BCUT2D eigenvalue weighted by molar-refractivity contribution is 5.78. The van der Waals surface area contributed by atoms with Crippen molar-refractivity contribution in [3.8, 4) is 0 Å². The van der Waals surface area contributed by atoms with E-state index in [1.165, 1.54) is 5.32 Å². The lowest BCUT2D eigenvalue weighted by Gasteiger charge is -1.76. The molecule has 0 aliphatic heterocycles. The first-order valence-electron chi connectivity index (χ1n) is 1.13. The first kappa shape index (κ1) is 4.94. The van der Waals surface area contributed by atoms with Gasteiger partial charge in [-0.25, -0.2) is 4.79 Å². The van der Waals surface area contributed by atoms with E-state index in [-0.39, 0.29) is 0 Å². The van der Waals surface area contributed by atoms with Crippen molar-refractivity contribution in [1.29, 1.82) is 0 Å². The molecule has 33 valence electrons. The van der Waals surface area contributed by atoms with Gasteiger partial charge in [-0.15, -0.1) is 0 Å². The minimum Gasteiger partial charge on any atom is -0.465 e. The van der Waals surface area contributed by atoms with Crippen molar-refractivity contribution in [2.75, 3.05) is 0 Å². The van der Waals surface area contributed by atoms with Gasteiger partial charge in [0.15, 0.2) is 0 Å². The van der Waals surface area contributed by atoms with Crippen molar-refractivity contribution < 1.29 is 14.7 Å². The zero-order valence-corrected chi connectivity index (χ0v) is 2.76. The number of carbonyl (C=O) groups is 1. The monoisotopic (exact) mass is 88.0 g/mol. The molecule has 0 saturated carbocycles. The topological polar surface area (TPSA) is 66.4 Å². The molecule has 0 aromatic carbocycles. The van der Waals surface area contributed by atoms with Gasteiger partial charge in [0.2, 0.25) is 0 Å². The fourth-order valence-corrected chi connectivity index (χ4v) is 0.0437. The van der Waals surface area contributed by atoms with Crippen LogP contribution in [0, 0.1) is 0 Å². The van der Waals surface area contributed by atoms with E-state index in [0.717, 1.165) is 6.41 Å². The smallest absolute Gasteiger partial charge is 0.411 e. The van der Waals surface area contributed by atoms with Crippen molar-refractivity contribution >= 4 is 12.5 Å². The van der Waals surface area contributed by atoms with E-state index < -0.39 is 6.09 Å². The van der Waals surface area contributed by atoms with E-state index in [4.69, 9.17) is 9.90 Å². The van der Waals surface area contributed by atoms with E-state index in [0.29, 0.717) is 0 Å². The molecule has 6 heavy (non-hydrogen) atoms. The standard InChI is InChI=1S/C2H2NO3/c4-1-3-2(5)6/h(H,3,4)(H,5,6). The number of nitrogens with one attached hydrogen (secondary N) is 1. The van der Waals surface area contributed by atoms with Crippen LogP contribution in [-0.4, -0.2) is 17.6 Å². The lowest BCUT2D eigenvalue weighted by Crippen LogP contribution is -2.17. The summed E-state index contributed by atoms with van der Waals surface area (Å²) < 4.78 is 0. The predicted molar refractivity (Wildman–Crippen MR) is 16.9 cm³/mol. The molecule has 4 nitrogen and oxygen atoms in total. The number of hydrogen-bond acceptors (Lipinski definition) is 2. The maximum Gasteiger partial charge on any atom is 0.411 e. The van der Waals surface area contributed by atoms with Gasteiger partial charge in [0, 0.05) is 0 Å². The number of carbonyl (C=O) groups excluding carboxylic acids is 1. The Morgan fingerprint density at radius 2 is 2.33 bits per heavy atom. The van der Waals surface area contributed by atoms with Crippen LogP contribution in [0.15, 0.2) is 0 Å². The van der Waals surface area contributed by atoms with Gasteiger partial charge in [-0.2, -0.15) is 0 Å². The van der Waals surface area contributed by atoms with Crippen LogP contribution in [0.5, 0.6) is 0 Å². The number of amides is 2. The zero-order chi connectivity index (χ0) is 4.99. The highest BCUT2D eigenvalue weighted by Crippen LogP contribution is 1.47. The largest absolute Gasteiger partial charge is 0.465 e. The number of rotatable bonds is 1. The summed E-state index contributed by atoms with van der Waals surface area (Å²) in [5.74, 6) is 0. The number of carboxylic acid groups (broad SMARTS) is 1. The normalized spacial score (nSPS) is 6.67. The molecule has 0 rings (SSSR count). The summed E-state index contributed by atoms with van der Waals surface area (Å²) in [5.41, 5.74) is 0. The lowest BCUT2D eigenvalue weighted by molar-refractivity contribution is 0.200. The Morgan fingerprint density at radius 3 is 2.33 bits per heavy atom. The third-order valence-corrected chi connectivity index (χ3v) is 0.158. The molecule has 0 aromatic rings. The molecule has 0 unspecified atom stereocenters. The summed E-state index contributed by atoms with van der Waals surface area (Å²) in [5, 5.41) is 8.86. The van der Waals surface area contributed by atoms with Gasteiger partial charge in [-0.05, 0) is 0 Å². The van der Waals surface area contributed by atoms with Crippen LogP contribution < -0.4 is 5.32 Å². The predicted octanol–water partition coefficient (Wildman–Crippen LogP) is -0.679. The average molecular weight is 88.0 g/mol. The second-order valence-corrected chi connectivity index (χ2v) is 0.532. The molecule has 0 atom stereocenters. The fourth-order valence-electron chi connectivity index (χ4n) is 0.0437. The molecular weight excluding hydrogens is 86.0 g/mol. The van der Waals surface area contributed by atoms with Crippen LogP contribution in [-0.2, 0) is 4.79 Å². The molecule has 2 N–H and O–H groups in total. The molecule has 0 heterocycles. The van der Waals surface area contributed by atoms with E-state index in [9.17, 15) is 4.79 Å². The molecule has 1 radical (unpaired) electrons. The van der Waals surface area contributed by atoms with Crippen LogP contribution in [0.2, 0.25) is 0 Å². The second kappa shape index (κ2) is 2.19. The summed E-state index contributed by atoms with van der Waals surface area (Å²) in [6.45, 7) is 0. The molecule has 0 aliphatic rings. The van der Waals surface area contributed by atoms with Crippen LogP contribution in [0.3, 0.4) is 0 Å². The fraction of sp³-hybridized carbons (Fsp3) is 0. The van der Waals surface area contributed by atoms with Crippen molar-refractivity contribution in [3.05, 3.63) is 0 Å². The Hall–Kier alpha value is -1.06. The highest BCUT2D eigenvalue weighted by Gasteiger charge is 1.85. The minimum atomic E-state index is -1.38. The molecule has 0 spiro atoms. The third-order valence-electron chi connectivity index (χ3n) is 0.158. The van der Waals surface area contributed by atoms with Gasteiger partial charge in [0.25, 0.3) is 0 Å². The van der Waals surface area contributed by atoms with Gasteiger partial charge in [0.1, 0.15) is 0 Å². The molecular formula is C2H2NO3. The van der Waals surface area contributed by atoms with Crippen molar-refractivity contribution in [2.45, 2.75) is 0 Å². The summed E-state index contributed by atoms with van der Waals surface area (Å²) in [4.78, 5) is 18.2. The first-order valence-corrected chi connectivity index (χ1v) is 1.13. The van der Waals surface area contributed by atoms with Crippen LogP contribution in [0.1, 0.15) is 0 Å². The summed E-state index contributed by atoms with van der Waals surface area (Å²) in [7, 11) is 0. The van der Waals surface area contributed by atoms with Crippen molar-refractivity contribution in [1.82, 2.24) is 5.32 Å². The summed E-state index contributed by atoms with van der Waals surface area (Å²) in [6, 6.07) is 0. The van der Waals surface area contributed by atoms with Crippen LogP contribution >= 0.6 is 0 Å². The van der Waals surface area contributed by atoms with Gasteiger partial charge >= 0.3 is 12.5 Å². The molecule has 4 heteroatoms. The van der Waals surface area contributed by atoms with Gasteiger partial charge in [-0.1, -0.05) is 0 Å². The molecule has 0 saturated heterocycles. The summed E-state index contributed by atoms with van der Waals surface area (Å²) in [6.07, 6.45) is -0.417. The Kier molecular flexibility index (Phi) is 1.81. The molecule has 0 bridgehead atoms. The van der Waals surface area contributed by atoms with Gasteiger partial charge in [-0.3, -0.25) is 10.1 Å². The van der Waals surface area contributed by atoms with E-state index in [1.54, 1.807) is 0 Å². The van der Waals surface area contributed by atoms with Gasteiger partial charge in [0.05, 0.1) is 0 Å². The first-order chi connectivity index (χ1) is 2.77. The van der Waals surface area contributed by atoms with Crippen LogP contribution in [0.4, 0.5) is 4.79 Å². The van der Waals surface area contributed by atoms with Crippen LogP contribution in [0.25, 0.3) is 0 Å². The number of hydrogen-bond donors (Lipinski definition) is 2.